The van der Waals surface area contributed by atoms with Crippen LogP contribution in [0, 0.1) is 11.8 Å². The van der Waals surface area contributed by atoms with E-state index in [1.54, 1.807) is 5.57 Å². The van der Waals surface area contributed by atoms with Crippen molar-refractivity contribution in [2.45, 2.75) is 112 Å². The lowest BCUT2D eigenvalue weighted by molar-refractivity contribution is 0.392. The normalized spacial score (nSPS) is 16.4. The van der Waals surface area contributed by atoms with Crippen molar-refractivity contribution in [1.29, 1.82) is 0 Å². The Kier molecular flexibility index (Phi) is 10.4. The molecule has 0 spiro atoms. The molecule has 3 aromatic carbocycles. The number of hydrogen-bond donors (Lipinski definition) is 0. The van der Waals surface area contributed by atoms with Crippen molar-refractivity contribution in [3.05, 3.63) is 119 Å². The van der Waals surface area contributed by atoms with E-state index in [0.717, 1.165) is 59.7 Å². The predicted octanol–water partition coefficient (Wildman–Crippen LogP) is 12.8. The number of allylic oxidation sites excluding steroid dienone is 2. The van der Waals surface area contributed by atoms with Crippen LogP contribution in [0.4, 0.5) is 0 Å². The van der Waals surface area contributed by atoms with Crippen LogP contribution in [0.25, 0.3) is 33.3 Å². The molecule has 1 aliphatic rings. The molecule has 0 fully saturated rings. The largest absolute Gasteiger partial charge is 0.457 e. The second kappa shape index (κ2) is 15.1. The highest BCUT2D eigenvalue weighted by molar-refractivity contribution is 6.09. The maximum atomic E-state index is 6.84. The first-order chi connectivity index (χ1) is 25.2. The number of fused-ring (bicyclic) bond motifs is 3. The first-order valence-electron chi connectivity index (χ1n) is 19.9. The van der Waals surface area contributed by atoms with Crippen LogP contribution in [0.1, 0.15) is 121 Å². The van der Waals surface area contributed by atoms with Crippen LogP contribution in [0.3, 0.4) is 0 Å². The van der Waals surface area contributed by atoms with Crippen molar-refractivity contribution in [1.82, 2.24) is 19.3 Å². The van der Waals surface area contributed by atoms with Crippen LogP contribution in [0.5, 0.6) is 11.5 Å². The molecule has 2 atom stereocenters. The van der Waals surface area contributed by atoms with Gasteiger partial charge in [0.25, 0.3) is 0 Å². The Morgan fingerprint density at radius 2 is 1.62 bits per heavy atom. The summed E-state index contributed by atoms with van der Waals surface area (Å²) in [4.78, 5) is 4.87. The van der Waals surface area contributed by atoms with Crippen LogP contribution < -0.4 is 4.74 Å². The number of benzene rings is 3. The second-order valence-electron chi connectivity index (χ2n) is 15.5. The standard InChI is InChI=1S/C47H56N4O/c1-9-33-16-15-17-34(10-2)46(33)47-41(11-3)49-51(42(47)12-4)36-26-35(31(7)8)27-38(28-36)52-37-20-21-40-39-18-13-14-19-43(39)50(44(40)29-37)45-25-32(22-23-48-45)24-30(5)6/h13-14,16,18-23,25-31,34,46H,9-12,15,17,24H2,1-8H3/t34-,46?/m0/s1. The van der Waals surface area contributed by atoms with E-state index in [0.29, 0.717) is 23.7 Å². The Hall–Kier alpha value is -4.64. The third-order valence-electron chi connectivity index (χ3n) is 11.2. The van der Waals surface area contributed by atoms with Gasteiger partial charge >= 0.3 is 0 Å². The monoisotopic (exact) mass is 692 g/mol. The van der Waals surface area contributed by atoms with Gasteiger partial charge in [0.05, 0.1) is 22.4 Å². The molecule has 270 valence electrons. The zero-order chi connectivity index (χ0) is 36.5. The molecular formula is C47H56N4O. The first kappa shape index (κ1) is 35.7. The quantitative estimate of drug-likeness (QED) is 0.120. The molecule has 1 unspecified atom stereocenters. The predicted molar refractivity (Wildman–Crippen MR) is 218 cm³/mol. The molecule has 52 heavy (non-hydrogen) atoms. The van der Waals surface area contributed by atoms with Gasteiger partial charge in [0.1, 0.15) is 17.3 Å². The number of aromatic nitrogens is 4. The van der Waals surface area contributed by atoms with E-state index >= 15 is 0 Å². The topological polar surface area (TPSA) is 44.9 Å². The minimum Gasteiger partial charge on any atom is -0.457 e. The van der Waals surface area contributed by atoms with E-state index < -0.39 is 0 Å². The van der Waals surface area contributed by atoms with E-state index in [2.05, 4.69) is 144 Å². The van der Waals surface area contributed by atoms with Gasteiger partial charge in [-0.1, -0.05) is 91.7 Å². The average Bonchev–Trinajstić information content (AvgIpc) is 3.69. The molecule has 0 N–H and O–H groups in total. The molecule has 0 amide bonds. The third-order valence-corrected chi connectivity index (χ3v) is 11.2. The molecule has 0 saturated heterocycles. The highest BCUT2D eigenvalue weighted by Crippen LogP contribution is 2.45. The summed E-state index contributed by atoms with van der Waals surface area (Å²) in [6.07, 6.45) is 12.1. The molecule has 0 radical (unpaired) electrons. The maximum Gasteiger partial charge on any atom is 0.137 e. The van der Waals surface area contributed by atoms with Crippen LogP contribution in [-0.2, 0) is 19.3 Å². The molecule has 5 heteroatoms. The summed E-state index contributed by atoms with van der Waals surface area (Å²) in [5.74, 6) is 4.58. The summed E-state index contributed by atoms with van der Waals surface area (Å²) in [5.41, 5.74) is 11.5. The van der Waals surface area contributed by atoms with Crippen molar-refractivity contribution < 1.29 is 4.74 Å². The molecular weight excluding hydrogens is 637 g/mol. The van der Waals surface area contributed by atoms with Gasteiger partial charge in [0.15, 0.2) is 0 Å². The highest BCUT2D eigenvalue weighted by Gasteiger charge is 2.33. The number of hydrogen-bond acceptors (Lipinski definition) is 3. The third kappa shape index (κ3) is 6.71. The zero-order valence-electron chi connectivity index (χ0n) is 32.5. The summed E-state index contributed by atoms with van der Waals surface area (Å²) in [5, 5.41) is 7.79. The number of ether oxygens (including phenoxy) is 1. The number of nitrogens with zero attached hydrogens (tertiary/aromatic N) is 4. The van der Waals surface area contributed by atoms with Gasteiger partial charge in [0.2, 0.25) is 0 Å². The molecule has 3 aromatic heterocycles. The smallest absolute Gasteiger partial charge is 0.137 e. The number of para-hydroxylation sites is 1. The Bertz CT molecular complexity index is 2230. The molecule has 1 aliphatic carbocycles. The van der Waals surface area contributed by atoms with Gasteiger partial charge in [-0.05, 0) is 110 Å². The lowest BCUT2D eigenvalue weighted by Crippen LogP contribution is -2.20. The van der Waals surface area contributed by atoms with Crippen molar-refractivity contribution in [2.75, 3.05) is 0 Å². The summed E-state index contributed by atoms with van der Waals surface area (Å²) in [6, 6.07) is 26.2. The van der Waals surface area contributed by atoms with Gasteiger partial charge in [-0.2, -0.15) is 5.10 Å². The fourth-order valence-electron chi connectivity index (χ4n) is 8.69. The Morgan fingerprint density at radius 1 is 0.808 bits per heavy atom. The minimum absolute atomic E-state index is 0.333. The Balaban J connectivity index is 1.33. The van der Waals surface area contributed by atoms with Gasteiger partial charge < -0.3 is 4.74 Å². The Morgan fingerprint density at radius 3 is 2.35 bits per heavy atom. The maximum absolute atomic E-state index is 6.84. The van der Waals surface area contributed by atoms with E-state index in [1.165, 1.54) is 58.1 Å². The van der Waals surface area contributed by atoms with Gasteiger partial charge in [-0.15, -0.1) is 0 Å². The summed E-state index contributed by atoms with van der Waals surface area (Å²) in [7, 11) is 0. The van der Waals surface area contributed by atoms with Crippen molar-refractivity contribution in [3.63, 3.8) is 0 Å². The molecule has 0 saturated carbocycles. The lowest BCUT2D eigenvalue weighted by atomic mass is 9.71. The molecule has 0 aliphatic heterocycles. The van der Waals surface area contributed by atoms with Crippen LogP contribution in [0.15, 0.2) is 90.6 Å². The lowest BCUT2D eigenvalue weighted by Gasteiger charge is -2.33. The average molecular weight is 693 g/mol. The summed E-state index contributed by atoms with van der Waals surface area (Å²) < 4.78 is 11.4. The zero-order valence-corrected chi connectivity index (χ0v) is 32.5. The van der Waals surface area contributed by atoms with Gasteiger partial charge in [-0.3, -0.25) is 4.57 Å². The SMILES string of the molecule is CCC1=CCC[C@H](CC)C1c1c(CC)nn(-c2cc(Oc3ccc4c5ccccc5n(-c5cc(CC(C)C)ccn5)c4c3)cc(C(C)C)c2)c1CC. The van der Waals surface area contributed by atoms with E-state index in [4.69, 9.17) is 14.8 Å². The molecule has 3 heterocycles. The number of aryl methyl sites for hydroxylation is 1. The van der Waals surface area contributed by atoms with E-state index in [9.17, 15) is 0 Å². The molecule has 5 nitrogen and oxygen atoms in total. The fraction of sp³-hybridized carbons (Fsp3) is 0.404. The highest BCUT2D eigenvalue weighted by atomic mass is 16.5. The van der Waals surface area contributed by atoms with E-state index in [-0.39, 0.29) is 0 Å². The molecule has 7 rings (SSSR count). The number of pyridine rings is 1. The van der Waals surface area contributed by atoms with E-state index in [1.807, 2.05) is 6.20 Å². The Labute approximate surface area is 310 Å². The molecule has 6 aromatic rings. The van der Waals surface area contributed by atoms with Gasteiger partial charge in [-0.25, -0.2) is 9.67 Å². The first-order valence-corrected chi connectivity index (χ1v) is 19.9. The van der Waals surface area contributed by atoms with Crippen LogP contribution in [-0.4, -0.2) is 19.3 Å². The van der Waals surface area contributed by atoms with Crippen molar-refractivity contribution in [2.24, 2.45) is 11.8 Å². The second-order valence-corrected chi connectivity index (χ2v) is 15.5. The van der Waals surface area contributed by atoms with Crippen molar-refractivity contribution >= 4 is 21.8 Å². The van der Waals surface area contributed by atoms with Crippen molar-refractivity contribution in [3.8, 4) is 23.0 Å². The number of rotatable bonds is 12. The summed E-state index contributed by atoms with van der Waals surface area (Å²) >= 11 is 0. The van der Waals surface area contributed by atoms with Gasteiger partial charge in [0, 0.05) is 46.3 Å². The molecule has 0 bridgehead atoms. The van der Waals surface area contributed by atoms with Crippen LogP contribution >= 0.6 is 0 Å². The fourth-order valence-corrected chi connectivity index (χ4v) is 8.69. The summed E-state index contributed by atoms with van der Waals surface area (Å²) in [6.45, 7) is 18.3. The van der Waals surface area contributed by atoms with Crippen LogP contribution in [0.2, 0.25) is 0 Å². The minimum atomic E-state index is 0.333.